The molecule has 0 aliphatic heterocycles. The fourth-order valence-corrected chi connectivity index (χ4v) is 1.60. The molecule has 0 saturated carbocycles. The molecule has 102 valence electrons. The second-order valence-corrected chi connectivity index (χ2v) is 4.39. The molecule has 0 atom stereocenters. The number of benzene rings is 2. The number of hydrazone groups is 1. The van der Waals surface area contributed by atoms with E-state index in [1.54, 1.807) is 7.05 Å². The number of hydrogen-bond acceptors (Lipinski definition) is 2. The molecule has 0 fully saturated rings. The van der Waals surface area contributed by atoms with Crippen LogP contribution in [-0.4, -0.2) is 18.4 Å². The molecule has 2 aromatic carbocycles. The van der Waals surface area contributed by atoms with E-state index in [2.05, 4.69) is 15.8 Å². The van der Waals surface area contributed by atoms with Gasteiger partial charge in [-0.05, 0) is 42.5 Å². The molecule has 0 saturated heterocycles. The largest absolute Gasteiger partial charge is 0.457 e. The van der Waals surface area contributed by atoms with Gasteiger partial charge in [0.1, 0.15) is 11.5 Å². The van der Waals surface area contributed by atoms with Crippen molar-refractivity contribution >= 4 is 23.5 Å². The minimum atomic E-state index is 0.526. The maximum absolute atomic E-state index is 5.76. The van der Waals surface area contributed by atoms with Gasteiger partial charge in [0.05, 0.1) is 0 Å². The smallest absolute Gasteiger partial charge is 0.223 e. The number of nitrogens with one attached hydrogen (secondary N) is 3. The van der Waals surface area contributed by atoms with Crippen LogP contribution in [0, 0.1) is 0 Å². The Bertz CT molecular complexity index is 599. The summed E-state index contributed by atoms with van der Waals surface area (Å²) in [5.41, 5.74) is 3.80. The van der Waals surface area contributed by atoms with E-state index in [1.165, 1.54) is 0 Å². The van der Waals surface area contributed by atoms with Crippen LogP contribution in [0.1, 0.15) is 5.56 Å². The van der Waals surface area contributed by atoms with Gasteiger partial charge >= 0.3 is 0 Å². The van der Waals surface area contributed by atoms with Crippen LogP contribution in [0.3, 0.4) is 0 Å². The van der Waals surface area contributed by atoms with Gasteiger partial charge in [0.2, 0.25) is 5.11 Å². The first kappa shape index (κ1) is 14.0. The van der Waals surface area contributed by atoms with Gasteiger partial charge in [-0.15, -0.1) is 10.5 Å². The van der Waals surface area contributed by atoms with E-state index in [0.717, 1.165) is 17.1 Å². The second-order valence-electron chi connectivity index (χ2n) is 3.98. The zero-order valence-electron chi connectivity index (χ0n) is 11.1. The first-order chi connectivity index (χ1) is 9.78. The molecule has 0 bridgehead atoms. The summed E-state index contributed by atoms with van der Waals surface area (Å²) in [5, 5.41) is 6.24. The molecule has 0 aliphatic carbocycles. The summed E-state index contributed by atoms with van der Waals surface area (Å²) in [4.78, 5) is 0. The molecule has 0 spiro atoms. The Hall–Kier alpha value is -2.40. The zero-order valence-corrected chi connectivity index (χ0v) is 11.9. The molecule has 5 heteroatoms. The van der Waals surface area contributed by atoms with Crippen molar-refractivity contribution in [3.63, 3.8) is 0 Å². The van der Waals surface area contributed by atoms with Crippen LogP contribution in [-0.2, 0) is 0 Å². The van der Waals surface area contributed by atoms with Gasteiger partial charge in [0.15, 0.2) is 6.21 Å². The summed E-state index contributed by atoms with van der Waals surface area (Å²) in [6.07, 6.45) is 1.81. The summed E-state index contributed by atoms with van der Waals surface area (Å²) in [6.45, 7) is 0. The van der Waals surface area contributed by atoms with E-state index in [-0.39, 0.29) is 0 Å². The number of para-hydroxylation sites is 1. The van der Waals surface area contributed by atoms with Gasteiger partial charge in [-0.1, -0.05) is 24.3 Å². The molecule has 2 aromatic rings. The standard InChI is InChI=1S/C15H15N3OS/c1-16-15(20)18-17-11-12-6-5-9-14(10-12)19-13-7-3-2-4-8-13/h2-11H,1H3,(H2,16,18,20)/p+1. The van der Waals surface area contributed by atoms with Crippen molar-refractivity contribution in [3.8, 4) is 11.5 Å². The Morgan fingerprint density at radius 2 is 1.85 bits per heavy atom. The molecule has 4 nitrogen and oxygen atoms in total. The molecule has 0 aromatic heterocycles. The molecule has 0 amide bonds. The predicted molar refractivity (Wildman–Crippen MR) is 83.9 cm³/mol. The lowest BCUT2D eigenvalue weighted by Crippen LogP contribution is -2.82. The third-order valence-corrected chi connectivity index (χ3v) is 2.79. The van der Waals surface area contributed by atoms with Crippen LogP contribution in [0.4, 0.5) is 0 Å². The number of ether oxygens (including phenoxy) is 1. The molecule has 0 radical (unpaired) electrons. The molecular weight excluding hydrogens is 270 g/mol. The van der Waals surface area contributed by atoms with Gasteiger partial charge in [-0.25, -0.2) is 0 Å². The second kappa shape index (κ2) is 7.25. The van der Waals surface area contributed by atoms with E-state index in [1.807, 2.05) is 60.8 Å². The van der Waals surface area contributed by atoms with Crippen molar-refractivity contribution in [2.24, 2.45) is 0 Å². The third kappa shape index (κ3) is 4.37. The van der Waals surface area contributed by atoms with Gasteiger partial charge in [-0.2, -0.15) is 0 Å². The summed E-state index contributed by atoms with van der Waals surface area (Å²) in [7, 11) is 1.76. The van der Waals surface area contributed by atoms with Crippen LogP contribution in [0.5, 0.6) is 11.5 Å². The lowest BCUT2D eigenvalue weighted by Gasteiger charge is -2.05. The fourth-order valence-electron chi connectivity index (χ4n) is 1.54. The first-order valence-electron chi connectivity index (χ1n) is 6.17. The van der Waals surface area contributed by atoms with Crippen LogP contribution in [0.15, 0.2) is 54.6 Å². The monoisotopic (exact) mass is 286 g/mol. The Balaban J connectivity index is 2.03. The van der Waals surface area contributed by atoms with Gasteiger partial charge < -0.3 is 10.1 Å². The summed E-state index contributed by atoms with van der Waals surface area (Å²) in [5.74, 6) is 1.59. The molecular formula is C15H16N3OS+. The Morgan fingerprint density at radius 1 is 1.10 bits per heavy atom. The number of hydrogen-bond donors (Lipinski definition) is 3. The SMILES string of the molecule is CNC(=S)N[NH+]=Cc1cccc(Oc2ccccc2)c1. The van der Waals surface area contributed by atoms with Gasteiger partial charge in [0.25, 0.3) is 0 Å². The van der Waals surface area contributed by atoms with Crippen molar-refractivity contribution in [1.29, 1.82) is 0 Å². The number of thiocarbonyl (C=S) groups is 1. The Morgan fingerprint density at radius 3 is 2.60 bits per heavy atom. The summed E-state index contributed by atoms with van der Waals surface area (Å²) < 4.78 is 5.76. The van der Waals surface area contributed by atoms with E-state index in [0.29, 0.717) is 5.11 Å². The van der Waals surface area contributed by atoms with Crippen LogP contribution in [0.2, 0.25) is 0 Å². The average Bonchev–Trinajstić information content (AvgIpc) is 2.48. The van der Waals surface area contributed by atoms with Crippen LogP contribution >= 0.6 is 12.2 Å². The predicted octanol–water partition coefficient (Wildman–Crippen LogP) is 0.987. The van der Waals surface area contributed by atoms with E-state index in [9.17, 15) is 0 Å². The number of hydrazine groups is 1. The van der Waals surface area contributed by atoms with Crippen molar-refractivity contribution in [3.05, 3.63) is 60.2 Å². The topological polar surface area (TPSA) is 47.3 Å². The minimum Gasteiger partial charge on any atom is -0.457 e. The third-order valence-electron chi connectivity index (χ3n) is 2.49. The highest BCUT2D eigenvalue weighted by atomic mass is 32.1. The highest BCUT2D eigenvalue weighted by Crippen LogP contribution is 2.20. The molecule has 0 unspecified atom stereocenters. The first-order valence-corrected chi connectivity index (χ1v) is 6.58. The van der Waals surface area contributed by atoms with Crippen molar-refractivity contribution in [1.82, 2.24) is 10.7 Å². The molecule has 20 heavy (non-hydrogen) atoms. The Labute approximate surface area is 123 Å². The Kier molecular flexibility index (Phi) is 5.08. The maximum atomic E-state index is 5.76. The quantitative estimate of drug-likeness (QED) is 0.446. The lowest BCUT2D eigenvalue weighted by atomic mass is 10.2. The summed E-state index contributed by atoms with van der Waals surface area (Å²) >= 11 is 4.95. The number of rotatable bonds is 4. The maximum Gasteiger partial charge on any atom is 0.223 e. The van der Waals surface area contributed by atoms with E-state index in [4.69, 9.17) is 17.0 Å². The fraction of sp³-hybridized carbons (Fsp3) is 0.0667. The summed E-state index contributed by atoms with van der Waals surface area (Å²) in [6, 6.07) is 17.4. The minimum absolute atomic E-state index is 0.526. The zero-order chi connectivity index (χ0) is 14.2. The highest BCUT2D eigenvalue weighted by molar-refractivity contribution is 7.80. The van der Waals surface area contributed by atoms with Crippen LogP contribution in [0.25, 0.3) is 0 Å². The normalized spacial score (nSPS) is 10.2. The lowest BCUT2D eigenvalue weighted by molar-refractivity contribution is -0.500. The van der Waals surface area contributed by atoms with E-state index >= 15 is 0 Å². The van der Waals surface area contributed by atoms with Gasteiger partial charge in [0, 0.05) is 12.6 Å². The highest BCUT2D eigenvalue weighted by Gasteiger charge is 1.99. The van der Waals surface area contributed by atoms with Crippen molar-refractivity contribution in [2.45, 2.75) is 0 Å². The molecule has 2 rings (SSSR count). The molecule has 3 N–H and O–H groups in total. The van der Waals surface area contributed by atoms with Gasteiger partial charge in [-0.3, -0.25) is 0 Å². The van der Waals surface area contributed by atoms with E-state index < -0.39 is 0 Å². The van der Waals surface area contributed by atoms with Crippen LogP contribution < -0.4 is 20.6 Å². The molecule has 0 heterocycles. The van der Waals surface area contributed by atoms with Crippen molar-refractivity contribution < 1.29 is 9.84 Å². The van der Waals surface area contributed by atoms with Crippen molar-refractivity contribution in [2.75, 3.05) is 7.05 Å². The average molecular weight is 286 g/mol. The molecule has 0 aliphatic rings.